The molecular formula is C22H22ClIN2OS. The standard InChI is InChI=1S/C22H22ClN2OS.HI/c1-4-24-17(8-6-15-12-18(26-3)9-10-19(15)24)14-22-25(5-2)20-13-16(23)7-11-21(20)27-22;/h6-14H,4-5H2,1-3H3;1H/q+1;/p-1. The summed E-state index contributed by atoms with van der Waals surface area (Å²) >= 11 is 8.02. The van der Waals surface area contributed by atoms with Gasteiger partial charge >= 0.3 is 0 Å². The van der Waals surface area contributed by atoms with Gasteiger partial charge < -0.3 is 33.6 Å². The number of anilines is 1. The Morgan fingerprint density at radius 3 is 2.64 bits per heavy atom. The van der Waals surface area contributed by atoms with Gasteiger partial charge in [0.2, 0.25) is 11.2 Å². The van der Waals surface area contributed by atoms with Crippen molar-refractivity contribution in [1.29, 1.82) is 0 Å². The maximum Gasteiger partial charge on any atom is 0.213 e. The molecule has 2 aromatic carbocycles. The molecular weight excluding hydrogens is 503 g/mol. The first-order valence-electron chi connectivity index (χ1n) is 9.11. The van der Waals surface area contributed by atoms with E-state index in [0.29, 0.717) is 0 Å². The Morgan fingerprint density at radius 2 is 1.93 bits per heavy atom. The quantitative estimate of drug-likeness (QED) is 0.386. The van der Waals surface area contributed by atoms with E-state index in [1.54, 1.807) is 18.9 Å². The number of benzene rings is 2. The molecule has 0 saturated carbocycles. The van der Waals surface area contributed by atoms with E-state index in [-0.39, 0.29) is 24.0 Å². The second kappa shape index (κ2) is 8.93. The van der Waals surface area contributed by atoms with Crippen LogP contribution >= 0.6 is 23.4 Å². The van der Waals surface area contributed by atoms with Crippen molar-refractivity contribution >= 4 is 46.0 Å². The average Bonchev–Trinajstić information content (AvgIpc) is 3.03. The number of thioether (sulfide) groups is 1. The maximum atomic E-state index is 6.22. The Morgan fingerprint density at radius 1 is 1.11 bits per heavy atom. The highest BCUT2D eigenvalue weighted by Gasteiger charge is 2.25. The summed E-state index contributed by atoms with van der Waals surface area (Å²) in [4.78, 5) is 3.57. The third-order valence-electron chi connectivity index (χ3n) is 4.87. The second-order valence-corrected chi connectivity index (χ2v) is 7.87. The van der Waals surface area contributed by atoms with E-state index in [0.717, 1.165) is 23.9 Å². The van der Waals surface area contributed by atoms with Crippen LogP contribution in [0, 0.1) is 0 Å². The molecule has 2 heterocycles. The van der Waals surface area contributed by atoms with Gasteiger partial charge in [-0.2, -0.15) is 4.57 Å². The lowest BCUT2D eigenvalue weighted by Gasteiger charge is -2.18. The lowest BCUT2D eigenvalue weighted by molar-refractivity contribution is -0.669. The molecule has 1 aromatic heterocycles. The van der Waals surface area contributed by atoms with Gasteiger partial charge in [0, 0.05) is 34.7 Å². The highest BCUT2D eigenvalue weighted by atomic mass is 127. The molecule has 0 radical (unpaired) electrons. The smallest absolute Gasteiger partial charge is 0.213 e. The zero-order chi connectivity index (χ0) is 19.0. The minimum Gasteiger partial charge on any atom is -1.00 e. The molecule has 28 heavy (non-hydrogen) atoms. The fourth-order valence-electron chi connectivity index (χ4n) is 3.56. The van der Waals surface area contributed by atoms with Crippen LogP contribution in [-0.4, -0.2) is 13.7 Å². The van der Waals surface area contributed by atoms with Crippen molar-refractivity contribution in [1.82, 2.24) is 0 Å². The molecule has 3 nitrogen and oxygen atoms in total. The van der Waals surface area contributed by atoms with E-state index in [1.807, 2.05) is 12.1 Å². The number of methoxy groups -OCH3 is 1. The van der Waals surface area contributed by atoms with E-state index in [4.69, 9.17) is 16.3 Å². The van der Waals surface area contributed by atoms with Crippen molar-refractivity contribution in [2.45, 2.75) is 25.3 Å². The fourth-order valence-corrected chi connectivity index (χ4v) is 4.88. The van der Waals surface area contributed by atoms with Crippen molar-refractivity contribution in [3.05, 3.63) is 64.3 Å². The van der Waals surface area contributed by atoms with Crippen LogP contribution in [0.5, 0.6) is 5.75 Å². The molecule has 0 fully saturated rings. The van der Waals surface area contributed by atoms with E-state index >= 15 is 0 Å². The number of aryl methyl sites for hydroxylation is 1. The average molecular weight is 525 g/mol. The Kier molecular flexibility index (Phi) is 6.78. The van der Waals surface area contributed by atoms with Gasteiger partial charge in [-0.05, 0) is 50.2 Å². The minimum absolute atomic E-state index is 0. The zero-order valence-electron chi connectivity index (χ0n) is 16.1. The molecule has 6 heteroatoms. The number of ether oxygens (including phenoxy) is 1. The molecule has 0 aliphatic carbocycles. The number of fused-ring (bicyclic) bond motifs is 2. The Balaban J connectivity index is 0.00000225. The number of nitrogens with zero attached hydrogens (tertiary/aromatic N) is 2. The first-order chi connectivity index (χ1) is 13.1. The minimum atomic E-state index is 0. The van der Waals surface area contributed by atoms with E-state index in [1.165, 1.54) is 32.2 Å². The van der Waals surface area contributed by atoms with Crippen LogP contribution in [0.3, 0.4) is 0 Å². The first-order valence-corrected chi connectivity index (χ1v) is 10.3. The molecule has 0 atom stereocenters. The Labute approximate surface area is 192 Å². The third-order valence-corrected chi connectivity index (χ3v) is 6.21. The van der Waals surface area contributed by atoms with Gasteiger partial charge in [0.1, 0.15) is 12.3 Å². The third kappa shape index (κ3) is 3.84. The molecule has 3 aromatic rings. The van der Waals surface area contributed by atoms with Gasteiger partial charge in [-0.3, -0.25) is 0 Å². The summed E-state index contributed by atoms with van der Waals surface area (Å²) in [6.45, 7) is 6.16. The van der Waals surface area contributed by atoms with Crippen molar-refractivity contribution in [2.75, 3.05) is 18.6 Å². The van der Waals surface area contributed by atoms with E-state index in [2.05, 4.69) is 65.8 Å². The van der Waals surface area contributed by atoms with Gasteiger partial charge in [0.15, 0.2) is 0 Å². The summed E-state index contributed by atoms with van der Waals surface area (Å²) in [5.41, 5.74) is 3.59. The van der Waals surface area contributed by atoms with Crippen LogP contribution in [0.15, 0.2) is 58.5 Å². The second-order valence-electron chi connectivity index (χ2n) is 6.37. The molecule has 1 aliphatic rings. The van der Waals surface area contributed by atoms with Gasteiger partial charge in [-0.1, -0.05) is 23.4 Å². The monoisotopic (exact) mass is 524 g/mol. The molecule has 1 aliphatic heterocycles. The summed E-state index contributed by atoms with van der Waals surface area (Å²) in [5, 5.41) is 3.18. The normalized spacial score (nSPS) is 14.3. The number of aromatic nitrogens is 1. The van der Waals surface area contributed by atoms with E-state index < -0.39 is 0 Å². The summed E-state index contributed by atoms with van der Waals surface area (Å²) in [6.07, 6.45) is 2.27. The van der Waals surface area contributed by atoms with Crippen molar-refractivity contribution in [3.63, 3.8) is 0 Å². The molecule has 0 saturated heterocycles. The van der Waals surface area contributed by atoms with Crippen molar-refractivity contribution in [2.24, 2.45) is 0 Å². The number of rotatable bonds is 4. The SMILES string of the molecule is CCN1/C(=C/c2ccc3cc(OC)ccc3[n+]2CC)Sc2ccc(Cl)cc21.[I-]. The molecule has 0 amide bonds. The van der Waals surface area contributed by atoms with Gasteiger partial charge in [-0.25, -0.2) is 0 Å². The first kappa shape index (κ1) is 21.3. The van der Waals surface area contributed by atoms with Crippen LogP contribution in [0.25, 0.3) is 17.0 Å². The van der Waals surface area contributed by atoms with Crippen LogP contribution in [-0.2, 0) is 6.54 Å². The maximum absolute atomic E-state index is 6.22. The topological polar surface area (TPSA) is 16.4 Å². The lowest BCUT2D eigenvalue weighted by atomic mass is 10.1. The molecule has 0 bridgehead atoms. The number of hydrogen-bond acceptors (Lipinski definition) is 3. The molecule has 146 valence electrons. The van der Waals surface area contributed by atoms with Gasteiger partial charge in [-0.15, -0.1) is 0 Å². The van der Waals surface area contributed by atoms with Crippen molar-refractivity contribution < 1.29 is 33.3 Å². The Hall–Kier alpha value is -1.44. The highest BCUT2D eigenvalue weighted by Crippen LogP contribution is 2.47. The van der Waals surface area contributed by atoms with E-state index in [9.17, 15) is 0 Å². The predicted octanol–water partition coefficient (Wildman–Crippen LogP) is 2.74. The lowest BCUT2D eigenvalue weighted by Crippen LogP contribution is -3.00. The van der Waals surface area contributed by atoms with Crippen LogP contribution in [0.2, 0.25) is 5.02 Å². The highest BCUT2D eigenvalue weighted by molar-refractivity contribution is 8.03. The summed E-state index contributed by atoms with van der Waals surface area (Å²) < 4.78 is 7.71. The summed E-state index contributed by atoms with van der Waals surface area (Å²) in [7, 11) is 1.70. The zero-order valence-corrected chi connectivity index (χ0v) is 19.8. The molecule has 0 unspecified atom stereocenters. The van der Waals surface area contributed by atoms with Crippen LogP contribution < -0.4 is 38.2 Å². The molecule has 0 spiro atoms. The van der Waals surface area contributed by atoms with Gasteiger partial charge in [0.25, 0.3) is 0 Å². The van der Waals surface area contributed by atoms with Crippen molar-refractivity contribution in [3.8, 4) is 5.75 Å². The van der Waals surface area contributed by atoms with Gasteiger partial charge in [0.05, 0.1) is 23.2 Å². The number of hydrogen-bond donors (Lipinski definition) is 0. The van der Waals surface area contributed by atoms with Crippen LogP contribution in [0.4, 0.5) is 5.69 Å². The number of pyridine rings is 1. The summed E-state index contributed by atoms with van der Waals surface area (Å²) in [6, 6.07) is 16.7. The number of halogens is 2. The Bertz CT molecular complexity index is 1050. The molecule has 4 rings (SSSR count). The largest absolute Gasteiger partial charge is 1.00 e. The fraction of sp³-hybridized carbons (Fsp3) is 0.227. The van der Waals surface area contributed by atoms with Crippen LogP contribution in [0.1, 0.15) is 19.5 Å². The molecule has 0 N–H and O–H groups in total. The summed E-state index contributed by atoms with van der Waals surface area (Å²) in [5.74, 6) is 0.882. The predicted molar refractivity (Wildman–Crippen MR) is 115 cm³/mol.